The van der Waals surface area contributed by atoms with Gasteiger partial charge in [-0.25, -0.2) is 4.79 Å². The van der Waals surface area contributed by atoms with E-state index in [0.29, 0.717) is 45.1 Å². The molecule has 38 heavy (non-hydrogen) atoms. The van der Waals surface area contributed by atoms with Crippen LogP contribution in [0.15, 0.2) is 30.3 Å². The maximum absolute atomic E-state index is 13.5. The standard InChI is InChI=1S/C29H43N3O6/c1-5-11-22(26(34)25(33)12-6-2)18-30-27(35)24-15-10-16-32(24)28(36)23(17-20(3)4)31-29(37)38-19-21-13-8-7-9-14-21/h7-9,13-14,20,22-24H,5-6,10-12,15-19H2,1-4H3,(H,30,35)(H,31,37)/t22-,23-,24-/m0/s1. The quantitative estimate of drug-likeness (QED) is 0.334. The molecule has 9 nitrogen and oxygen atoms in total. The monoisotopic (exact) mass is 529 g/mol. The number of likely N-dealkylation sites (tertiary alicyclic amines) is 1. The first-order chi connectivity index (χ1) is 18.2. The van der Waals surface area contributed by atoms with E-state index >= 15 is 0 Å². The lowest BCUT2D eigenvalue weighted by Crippen LogP contribution is -2.54. The Morgan fingerprint density at radius 2 is 1.76 bits per heavy atom. The van der Waals surface area contributed by atoms with Crippen LogP contribution in [0, 0.1) is 11.8 Å². The molecule has 0 bridgehead atoms. The highest BCUT2D eigenvalue weighted by molar-refractivity contribution is 6.38. The van der Waals surface area contributed by atoms with E-state index in [-0.39, 0.29) is 37.3 Å². The van der Waals surface area contributed by atoms with Crippen LogP contribution < -0.4 is 10.6 Å². The summed E-state index contributed by atoms with van der Waals surface area (Å²) in [6.45, 7) is 8.24. The summed E-state index contributed by atoms with van der Waals surface area (Å²) in [7, 11) is 0. The smallest absolute Gasteiger partial charge is 0.408 e. The van der Waals surface area contributed by atoms with Crippen molar-refractivity contribution in [2.24, 2.45) is 11.8 Å². The molecule has 2 rings (SSSR count). The van der Waals surface area contributed by atoms with Crippen LogP contribution in [0.4, 0.5) is 4.79 Å². The van der Waals surface area contributed by atoms with Gasteiger partial charge in [-0.15, -0.1) is 0 Å². The molecular weight excluding hydrogens is 486 g/mol. The van der Waals surface area contributed by atoms with Crippen molar-refractivity contribution in [3.63, 3.8) is 0 Å². The molecule has 1 aromatic carbocycles. The number of nitrogens with zero attached hydrogens (tertiary/aromatic N) is 1. The highest BCUT2D eigenvalue weighted by Crippen LogP contribution is 2.21. The van der Waals surface area contributed by atoms with Gasteiger partial charge in [0.1, 0.15) is 18.7 Å². The number of amides is 3. The number of hydrogen-bond acceptors (Lipinski definition) is 6. The number of Topliss-reactive ketones (excluding diaryl/α,β-unsaturated/α-hetero) is 2. The Labute approximate surface area is 226 Å². The fraction of sp³-hybridized carbons (Fsp3) is 0.621. The van der Waals surface area contributed by atoms with Crippen molar-refractivity contribution in [1.82, 2.24) is 15.5 Å². The molecule has 0 saturated carbocycles. The molecule has 0 aromatic heterocycles. The van der Waals surface area contributed by atoms with Crippen LogP contribution in [-0.4, -0.2) is 59.5 Å². The summed E-state index contributed by atoms with van der Waals surface area (Å²) in [6.07, 6.45) is 2.88. The van der Waals surface area contributed by atoms with E-state index in [0.717, 1.165) is 5.56 Å². The second-order valence-corrected chi connectivity index (χ2v) is 10.3. The molecule has 1 aliphatic rings. The fourth-order valence-corrected chi connectivity index (χ4v) is 4.70. The Bertz CT molecular complexity index is 949. The minimum Gasteiger partial charge on any atom is -0.445 e. The van der Waals surface area contributed by atoms with Crippen LogP contribution in [0.25, 0.3) is 0 Å². The van der Waals surface area contributed by atoms with Crippen LogP contribution in [0.2, 0.25) is 0 Å². The molecule has 1 fully saturated rings. The molecule has 0 radical (unpaired) electrons. The summed E-state index contributed by atoms with van der Waals surface area (Å²) < 4.78 is 5.31. The molecule has 1 saturated heterocycles. The molecule has 9 heteroatoms. The second-order valence-electron chi connectivity index (χ2n) is 10.3. The minimum atomic E-state index is -0.826. The van der Waals surface area contributed by atoms with Gasteiger partial charge in [-0.3, -0.25) is 19.2 Å². The zero-order chi connectivity index (χ0) is 28.1. The average molecular weight is 530 g/mol. The van der Waals surface area contributed by atoms with Crippen LogP contribution >= 0.6 is 0 Å². The van der Waals surface area contributed by atoms with Crippen molar-refractivity contribution in [2.45, 2.75) is 91.3 Å². The maximum atomic E-state index is 13.5. The number of carbonyl (C=O) groups is 5. The van der Waals surface area contributed by atoms with E-state index in [2.05, 4.69) is 10.6 Å². The molecule has 1 heterocycles. The lowest BCUT2D eigenvalue weighted by molar-refractivity contribution is -0.141. The summed E-state index contributed by atoms with van der Waals surface area (Å²) in [5, 5.41) is 5.51. The van der Waals surface area contributed by atoms with Crippen LogP contribution in [0.5, 0.6) is 0 Å². The number of carbonyl (C=O) groups excluding carboxylic acids is 5. The Kier molecular flexibility index (Phi) is 13.0. The zero-order valence-corrected chi connectivity index (χ0v) is 23.2. The van der Waals surface area contributed by atoms with Gasteiger partial charge in [-0.1, -0.05) is 64.4 Å². The third-order valence-electron chi connectivity index (χ3n) is 6.63. The first kappa shape index (κ1) is 31.0. The van der Waals surface area contributed by atoms with Crippen LogP contribution in [0.3, 0.4) is 0 Å². The van der Waals surface area contributed by atoms with Crippen molar-refractivity contribution in [2.75, 3.05) is 13.1 Å². The van der Waals surface area contributed by atoms with Crippen molar-refractivity contribution in [3.8, 4) is 0 Å². The average Bonchev–Trinajstić information content (AvgIpc) is 3.39. The normalized spacial score (nSPS) is 16.6. The third-order valence-corrected chi connectivity index (χ3v) is 6.63. The number of rotatable bonds is 15. The molecule has 3 amide bonds. The molecule has 0 unspecified atom stereocenters. The fourth-order valence-electron chi connectivity index (χ4n) is 4.70. The summed E-state index contributed by atoms with van der Waals surface area (Å²) in [5.41, 5.74) is 0.835. The highest BCUT2D eigenvalue weighted by Gasteiger charge is 2.38. The van der Waals surface area contributed by atoms with E-state index in [1.807, 2.05) is 58.0 Å². The van der Waals surface area contributed by atoms with Crippen molar-refractivity contribution < 1.29 is 28.7 Å². The van der Waals surface area contributed by atoms with Crippen LogP contribution in [-0.2, 0) is 30.5 Å². The van der Waals surface area contributed by atoms with Crippen LogP contribution in [0.1, 0.15) is 78.2 Å². The van der Waals surface area contributed by atoms with E-state index in [1.54, 1.807) is 0 Å². The summed E-state index contributed by atoms with van der Waals surface area (Å²) in [6, 6.07) is 7.74. The largest absolute Gasteiger partial charge is 0.445 e. The van der Waals surface area contributed by atoms with Gasteiger partial charge in [-0.05, 0) is 43.6 Å². The molecule has 1 aliphatic heterocycles. The van der Waals surface area contributed by atoms with Gasteiger partial charge < -0.3 is 20.3 Å². The topological polar surface area (TPSA) is 122 Å². The first-order valence-electron chi connectivity index (χ1n) is 13.8. The summed E-state index contributed by atoms with van der Waals surface area (Å²) in [5.74, 6) is -1.96. The molecule has 3 atom stereocenters. The van der Waals surface area contributed by atoms with E-state index < -0.39 is 35.7 Å². The predicted molar refractivity (Wildman–Crippen MR) is 144 cm³/mol. The molecule has 0 aliphatic carbocycles. The van der Waals surface area contributed by atoms with Crippen molar-refractivity contribution in [3.05, 3.63) is 35.9 Å². The number of nitrogens with one attached hydrogen (secondary N) is 2. The Hall–Kier alpha value is -3.23. The minimum absolute atomic E-state index is 0.0684. The van der Waals surface area contributed by atoms with Gasteiger partial charge in [0, 0.05) is 25.4 Å². The van der Waals surface area contributed by atoms with E-state index in [9.17, 15) is 24.0 Å². The molecule has 1 aromatic rings. The number of hydrogen-bond donors (Lipinski definition) is 2. The molecule has 210 valence electrons. The third kappa shape index (κ3) is 9.58. The zero-order valence-electron chi connectivity index (χ0n) is 23.2. The maximum Gasteiger partial charge on any atom is 0.408 e. The van der Waals surface area contributed by atoms with Crippen molar-refractivity contribution >= 4 is 29.5 Å². The lowest BCUT2D eigenvalue weighted by Gasteiger charge is -2.29. The van der Waals surface area contributed by atoms with Gasteiger partial charge in [0.2, 0.25) is 17.6 Å². The Balaban J connectivity index is 2.01. The van der Waals surface area contributed by atoms with Gasteiger partial charge in [0.25, 0.3) is 0 Å². The second kappa shape index (κ2) is 15.9. The van der Waals surface area contributed by atoms with Gasteiger partial charge >= 0.3 is 6.09 Å². The van der Waals surface area contributed by atoms with E-state index in [4.69, 9.17) is 4.74 Å². The highest BCUT2D eigenvalue weighted by atomic mass is 16.5. The molecule has 2 N–H and O–H groups in total. The SMILES string of the molecule is CCCC(=O)C(=O)[C@@H](CCC)CNC(=O)[C@@H]1CCCN1C(=O)[C@H](CC(C)C)NC(=O)OCc1ccccc1. The van der Waals surface area contributed by atoms with Crippen molar-refractivity contribution in [1.29, 1.82) is 0 Å². The lowest BCUT2D eigenvalue weighted by atomic mass is 9.94. The summed E-state index contributed by atoms with van der Waals surface area (Å²) in [4.78, 5) is 65.3. The first-order valence-corrected chi connectivity index (χ1v) is 13.8. The molecule has 0 spiro atoms. The predicted octanol–water partition coefficient (Wildman–Crippen LogP) is 3.79. The van der Waals surface area contributed by atoms with Gasteiger partial charge in [-0.2, -0.15) is 0 Å². The number of benzene rings is 1. The Morgan fingerprint density at radius 1 is 1.05 bits per heavy atom. The van der Waals surface area contributed by atoms with E-state index in [1.165, 1.54) is 4.90 Å². The Morgan fingerprint density at radius 3 is 2.39 bits per heavy atom. The number of ketones is 2. The number of ether oxygens (including phenoxy) is 1. The number of alkyl carbamates (subject to hydrolysis) is 1. The van der Waals surface area contributed by atoms with Gasteiger partial charge in [0.15, 0.2) is 5.78 Å². The van der Waals surface area contributed by atoms with Gasteiger partial charge in [0.05, 0.1) is 0 Å². The summed E-state index contributed by atoms with van der Waals surface area (Å²) >= 11 is 0. The molecular formula is C29H43N3O6.